The van der Waals surface area contributed by atoms with Gasteiger partial charge in [0.2, 0.25) is 0 Å². The molecule has 1 N–H and O–H groups in total. The molecule has 1 atom stereocenters. The van der Waals surface area contributed by atoms with E-state index in [1.54, 1.807) is 0 Å². The van der Waals surface area contributed by atoms with Gasteiger partial charge >= 0.3 is 0 Å². The lowest BCUT2D eigenvalue weighted by Gasteiger charge is -2.14. The maximum Gasteiger partial charge on any atom is 0.0143 e. The van der Waals surface area contributed by atoms with Gasteiger partial charge < -0.3 is 5.41 Å². The van der Waals surface area contributed by atoms with Gasteiger partial charge in [0, 0.05) is 5.71 Å². The van der Waals surface area contributed by atoms with Crippen LogP contribution in [0.15, 0.2) is 0 Å². The first-order chi connectivity index (χ1) is 4.59. The van der Waals surface area contributed by atoms with Crippen LogP contribution in [0.2, 0.25) is 0 Å². The molecular weight excluding hydrogens is 122 g/mol. The fourth-order valence-electron chi connectivity index (χ4n) is 1.16. The third-order valence-corrected chi connectivity index (χ3v) is 1.87. The maximum atomic E-state index is 7.65. The highest BCUT2D eigenvalue weighted by Gasteiger charge is 2.10. The summed E-state index contributed by atoms with van der Waals surface area (Å²) in [7, 11) is 0. The van der Waals surface area contributed by atoms with E-state index in [4.69, 9.17) is 5.41 Å². The lowest BCUT2D eigenvalue weighted by atomic mass is 9.92. The molecule has 0 aliphatic rings. The summed E-state index contributed by atoms with van der Waals surface area (Å²) in [5, 5.41) is 7.65. The Hall–Kier alpha value is -0.330. The minimum Gasteiger partial charge on any atom is -0.309 e. The lowest BCUT2D eigenvalue weighted by Crippen LogP contribution is -2.15. The van der Waals surface area contributed by atoms with Crippen molar-refractivity contribution in [1.29, 1.82) is 5.41 Å². The van der Waals surface area contributed by atoms with Crippen molar-refractivity contribution in [3.8, 4) is 0 Å². The summed E-state index contributed by atoms with van der Waals surface area (Å²) in [6, 6.07) is 0. The Labute approximate surface area is 64.3 Å². The molecule has 10 heavy (non-hydrogen) atoms. The first-order valence-electron chi connectivity index (χ1n) is 4.17. The van der Waals surface area contributed by atoms with Crippen molar-refractivity contribution in [3.63, 3.8) is 0 Å². The van der Waals surface area contributed by atoms with Gasteiger partial charge in [-0.15, -0.1) is 0 Å². The Morgan fingerprint density at radius 3 is 2.10 bits per heavy atom. The van der Waals surface area contributed by atoms with Crippen LogP contribution < -0.4 is 0 Å². The zero-order chi connectivity index (χ0) is 8.15. The molecule has 0 heterocycles. The van der Waals surface area contributed by atoms with Crippen LogP contribution in [0.4, 0.5) is 0 Å². The molecule has 1 unspecified atom stereocenters. The fraction of sp³-hybridized carbons (Fsp3) is 0.889. The molecule has 0 fully saturated rings. The third-order valence-electron chi connectivity index (χ3n) is 1.87. The topological polar surface area (TPSA) is 23.9 Å². The Bertz CT molecular complexity index is 105. The van der Waals surface area contributed by atoms with Gasteiger partial charge in [-0.2, -0.15) is 0 Å². The molecule has 0 radical (unpaired) electrons. The van der Waals surface area contributed by atoms with Gasteiger partial charge in [0.15, 0.2) is 0 Å². The van der Waals surface area contributed by atoms with E-state index >= 15 is 0 Å². The third kappa shape index (κ3) is 3.00. The predicted octanol–water partition coefficient (Wildman–Crippen LogP) is 3.10. The predicted molar refractivity (Wildman–Crippen MR) is 46.6 cm³/mol. The van der Waals surface area contributed by atoms with E-state index in [2.05, 4.69) is 27.7 Å². The molecule has 0 spiro atoms. The van der Waals surface area contributed by atoms with Gasteiger partial charge in [0.05, 0.1) is 0 Å². The molecule has 60 valence electrons. The van der Waals surface area contributed by atoms with Crippen molar-refractivity contribution in [3.05, 3.63) is 0 Å². The van der Waals surface area contributed by atoms with Crippen LogP contribution in [-0.4, -0.2) is 5.71 Å². The van der Waals surface area contributed by atoms with Crippen molar-refractivity contribution in [2.24, 2.45) is 11.8 Å². The van der Waals surface area contributed by atoms with E-state index in [9.17, 15) is 0 Å². The molecule has 0 saturated carbocycles. The van der Waals surface area contributed by atoms with Crippen LogP contribution in [0.25, 0.3) is 0 Å². The molecule has 0 aromatic rings. The van der Waals surface area contributed by atoms with Crippen molar-refractivity contribution in [2.75, 3.05) is 0 Å². The Morgan fingerprint density at radius 1 is 1.30 bits per heavy atom. The van der Waals surface area contributed by atoms with Crippen molar-refractivity contribution in [2.45, 2.75) is 40.5 Å². The largest absolute Gasteiger partial charge is 0.309 e. The summed E-state index contributed by atoms with van der Waals surface area (Å²) in [6.07, 6.45) is 2.35. The van der Waals surface area contributed by atoms with Gasteiger partial charge in [-0.1, -0.05) is 34.1 Å². The van der Waals surface area contributed by atoms with Gasteiger partial charge in [0.1, 0.15) is 0 Å². The van der Waals surface area contributed by atoms with Gasteiger partial charge in [-0.3, -0.25) is 0 Å². The highest BCUT2D eigenvalue weighted by Crippen LogP contribution is 2.11. The number of rotatable bonds is 4. The van der Waals surface area contributed by atoms with Crippen LogP contribution in [0.5, 0.6) is 0 Å². The maximum absolute atomic E-state index is 7.65. The summed E-state index contributed by atoms with van der Waals surface area (Å²) in [5.74, 6) is 0.923. The number of hydrogen-bond donors (Lipinski definition) is 1. The first-order valence-corrected chi connectivity index (χ1v) is 4.17. The SMILES string of the molecule is CCCC(C)C(=N)C(C)C. The average Bonchev–Trinajstić information content (AvgIpc) is 1.87. The summed E-state index contributed by atoms with van der Waals surface area (Å²) in [4.78, 5) is 0. The Morgan fingerprint density at radius 2 is 1.80 bits per heavy atom. The Balaban J connectivity index is 3.71. The average molecular weight is 141 g/mol. The molecule has 0 bridgehead atoms. The second-order valence-corrected chi connectivity index (χ2v) is 3.30. The van der Waals surface area contributed by atoms with Crippen LogP contribution in [0, 0.1) is 17.2 Å². The van der Waals surface area contributed by atoms with E-state index in [0.29, 0.717) is 11.8 Å². The Kier molecular flexibility index (Phi) is 4.33. The molecule has 1 heteroatoms. The van der Waals surface area contributed by atoms with Crippen LogP contribution in [-0.2, 0) is 0 Å². The minimum absolute atomic E-state index is 0.432. The van der Waals surface area contributed by atoms with Crippen LogP contribution >= 0.6 is 0 Å². The molecule has 0 aromatic heterocycles. The van der Waals surface area contributed by atoms with E-state index in [1.165, 1.54) is 6.42 Å². The molecule has 0 rings (SSSR count). The van der Waals surface area contributed by atoms with Gasteiger partial charge in [-0.05, 0) is 18.3 Å². The zero-order valence-corrected chi connectivity index (χ0v) is 7.57. The monoisotopic (exact) mass is 141 g/mol. The van der Waals surface area contributed by atoms with Crippen LogP contribution in [0.3, 0.4) is 0 Å². The minimum atomic E-state index is 0.432. The summed E-state index contributed by atoms with van der Waals surface area (Å²) in [5.41, 5.74) is 0.904. The number of hydrogen-bond acceptors (Lipinski definition) is 1. The molecule has 0 amide bonds. The molecule has 0 aliphatic heterocycles. The van der Waals surface area contributed by atoms with Crippen LogP contribution in [0.1, 0.15) is 40.5 Å². The van der Waals surface area contributed by atoms with Gasteiger partial charge in [0.25, 0.3) is 0 Å². The van der Waals surface area contributed by atoms with Gasteiger partial charge in [-0.25, -0.2) is 0 Å². The summed E-state index contributed by atoms with van der Waals surface area (Å²) in [6.45, 7) is 8.50. The highest BCUT2D eigenvalue weighted by atomic mass is 14.4. The molecule has 0 aliphatic carbocycles. The van der Waals surface area contributed by atoms with Crippen molar-refractivity contribution < 1.29 is 0 Å². The van der Waals surface area contributed by atoms with E-state index in [-0.39, 0.29) is 0 Å². The quantitative estimate of drug-likeness (QED) is 0.582. The fourth-order valence-corrected chi connectivity index (χ4v) is 1.16. The van der Waals surface area contributed by atoms with E-state index in [1.807, 2.05) is 0 Å². The summed E-state index contributed by atoms with van der Waals surface area (Å²) < 4.78 is 0. The first kappa shape index (κ1) is 9.67. The smallest absolute Gasteiger partial charge is 0.0143 e. The molecular formula is C9H19N. The van der Waals surface area contributed by atoms with E-state index in [0.717, 1.165) is 12.1 Å². The zero-order valence-electron chi connectivity index (χ0n) is 7.57. The second-order valence-electron chi connectivity index (χ2n) is 3.30. The molecule has 1 nitrogen and oxygen atoms in total. The molecule has 0 saturated heterocycles. The number of nitrogens with one attached hydrogen (secondary N) is 1. The highest BCUT2D eigenvalue weighted by molar-refractivity contribution is 5.85. The van der Waals surface area contributed by atoms with E-state index < -0.39 is 0 Å². The normalized spacial score (nSPS) is 13.7. The molecule has 0 aromatic carbocycles. The lowest BCUT2D eigenvalue weighted by molar-refractivity contribution is 0.629. The standard InChI is InChI=1S/C9H19N/c1-5-6-8(4)9(10)7(2)3/h7-8,10H,5-6H2,1-4H3. The second kappa shape index (κ2) is 4.48. The summed E-state index contributed by atoms with van der Waals surface area (Å²) >= 11 is 0. The van der Waals surface area contributed by atoms with Crippen molar-refractivity contribution in [1.82, 2.24) is 0 Å². The van der Waals surface area contributed by atoms with Crippen molar-refractivity contribution >= 4 is 5.71 Å².